The Hall–Kier alpha value is -2.14. The van der Waals surface area contributed by atoms with Crippen molar-refractivity contribution in [3.05, 3.63) is 41.6 Å². The molecule has 3 N–H and O–H groups in total. The molecule has 30 heavy (non-hydrogen) atoms. The third kappa shape index (κ3) is 2.71. The molecule has 0 radical (unpaired) electrons. The van der Waals surface area contributed by atoms with Gasteiger partial charge in [-0.15, -0.1) is 0 Å². The van der Waals surface area contributed by atoms with Crippen LogP contribution in [0.15, 0.2) is 36.0 Å². The molecule has 0 spiro atoms. The largest absolute Gasteiger partial charge is 0.399 e. The Bertz CT molecular complexity index is 923. The van der Waals surface area contributed by atoms with E-state index in [1.165, 1.54) is 0 Å². The number of nitrogens with zero attached hydrogens (tertiary/aromatic N) is 1. The Kier molecular flexibility index (Phi) is 4.41. The standard InChI is InChI=1S/C25H32N2O3/c1-24-12-11-22(30)27(14-15-3-5-16(26)6-4-15)20(24)9-7-17-18-8-10-21(29)25(18,2)13-19(28)23(17)24/h3-6,9,17-18,21,23,29H,7-8,10-14,26H2,1-2H3/t17-,18-,21?,23+,24?,25?/m0/s1. The third-order valence-electron chi connectivity index (χ3n) is 8.83. The van der Waals surface area contributed by atoms with E-state index >= 15 is 0 Å². The van der Waals surface area contributed by atoms with Crippen LogP contribution in [0.25, 0.3) is 0 Å². The monoisotopic (exact) mass is 408 g/mol. The van der Waals surface area contributed by atoms with Crippen LogP contribution in [-0.2, 0) is 16.1 Å². The van der Waals surface area contributed by atoms with Crippen molar-refractivity contribution in [2.45, 2.75) is 65.0 Å². The van der Waals surface area contributed by atoms with Gasteiger partial charge in [0.15, 0.2) is 0 Å². The van der Waals surface area contributed by atoms with Gasteiger partial charge < -0.3 is 15.7 Å². The Balaban J connectivity index is 1.51. The Morgan fingerprint density at radius 2 is 1.90 bits per heavy atom. The number of hydrogen-bond donors (Lipinski definition) is 2. The van der Waals surface area contributed by atoms with Gasteiger partial charge >= 0.3 is 0 Å². The molecule has 5 rings (SSSR count). The molecule has 3 fully saturated rings. The number of allylic oxidation sites excluding steroid dienone is 2. The molecule has 2 saturated carbocycles. The lowest BCUT2D eigenvalue weighted by molar-refractivity contribution is -0.152. The lowest BCUT2D eigenvalue weighted by Crippen LogP contribution is -2.57. The maximum absolute atomic E-state index is 13.5. The predicted molar refractivity (Wildman–Crippen MR) is 115 cm³/mol. The molecule has 0 bridgehead atoms. The van der Waals surface area contributed by atoms with E-state index in [1.54, 1.807) is 0 Å². The van der Waals surface area contributed by atoms with Gasteiger partial charge in [-0.1, -0.05) is 32.1 Å². The quantitative estimate of drug-likeness (QED) is 0.732. The van der Waals surface area contributed by atoms with Crippen LogP contribution in [0.5, 0.6) is 0 Å². The van der Waals surface area contributed by atoms with Gasteiger partial charge in [-0.25, -0.2) is 0 Å². The van der Waals surface area contributed by atoms with Crippen molar-refractivity contribution in [2.75, 3.05) is 5.73 Å². The number of aliphatic hydroxyl groups is 1. The molecule has 1 saturated heterocycles. The summed E-state index contributed by atoms with van der Waals surface area (Å²) in [5.74, 6) is 1.03. The second-order valence-corrected chi connectivity index (χ2v) is 10.5. The number of ketones is 1. The van der Waals surface area contributed by atoms with Crippen LogP contribution in [0.2, 0.25) is 0 Å². The molecule has 1 heterocycles. The summed E-state index contributed by atoms with van der Waals surface area (Å²) < 4.78 is 0. The number of rotatable bonds is 2. The number of benzene rings is 1. The number of likely N-dealkylation sites (tertiary alicyclic amines) is 1. The molecular formula is C25H32N2O3. The van der Waals surface area contributed by atoms with E-state index in [0.29, 0.717) is 31.0 Å². The summed E-state index contributed by atoms with van der Waals surface area (Å²) in [6.45, 7) is 4.83. The summed E-state index contributed by atoms with van der Waals surface area (Å²) in [6.07, 6.45) is 6.15. The highest BCUT2D eigenvalue weighted by molar-refractivity contribution is 5.87. The van der Waals surface area contributed by atoms with Crippen LogP contribution < -0.4 is 5.73 Å². The number of fused-ring (bicyclic) bond motifs is 5. The lowest BCUT2D eigenvalue weighted by Gasteiger charge is -2.57. The van der Waals surface area contributed by atoms with E-state index in [0.717, 1.165) is 36.9 Å². The number of carbonyl (C=O) groups excluding carboxylic acids is 2. The zero-order valence-corrected chi connectivity index (χ0v) is 17.9. The number of carbonyl (C=O) groups is 2. The molecule has 3 unspecified atom stereocenters. The molecular weight excluding hydrogens is 376 g/mol. The van der Waals surface area contributed by atoms with Crippen LogP contribution >= 0.6 is 0 Å². The van der Waals surface area contributed by atoms with Crippen molar-refractivity contribution in [2.24, 2.45) is 28.6 Å². The molecule has 5 heteroatoms. The topological polar surface area (TPSA) is 83.6 Å². The molecule has 0 aromatic heterocycles. The summed E-state index contributed by atoms with van der Waals surface area (Å²) in [5.41, 5.74) is 8.02. The van der Waals surface area contributed by atoms with Gasteiger partial charge in [0.25, 0.3) is 0 Å². The highest BCUT2D eigenvalue weighted by Gasteiger charge is 2.62. The molecule has 1 aromatic rings. The van der Waals surface area contributed by atoms with Crippen molar-refractivity contribution in [1.29, 1.82) is 0 Å². The number of anilines is 1. The van der Waals surface area contributed by atoms with Gasteiger partial charge in [0, 0.05) is 41.0 Å². The molecule has 4 aliphatic rings. The van der Waals surface area contributed by atoms with Crippen LogP contribution in [0, 0.1) is 28.6 Å². The fourth-order valence-electron chi connectivity index (χ4n) is 7.24. The van der Waals surface area contributed by atoms with Crippen molar-refractivity contribution >= 4 is 17.4 Å². The van der Waals surface area contributed by atoms with Crippen LogP contribution in [0.1, 0.15) is 57.9 Å². The molecule has 1 amide bonds. The van der Waals surface area contributed by atoms with E-state index in [-0.39, 0.29) is 40.5 Å². The van der Waals surface area contributed by atoms with Gasteiger partial charge in [-0.3, -0.25) is 9.59 Å². The Morgan fingerprint density at radius 1 is 1.17 bits per heavy atom. The summed E-state index contributed by atoms with van der Waals surface area (Å²) in [5, 5.41) is 10.6. The summed E-state index contributed by atoms with van der Waals surface area (Å²) in [7, 11) is 0. The number of aliphatic hydroxyl groups excluding tert-OH is 1. The highest BCUT2D eigenvalue weighted by Crippen LogP contribution is 2.63. The first-order valence-electron chi connectivity index (χ1n) is 11.3. The van der Waals surface area contributed by atoms with E-state index in [9.17, 15) is 14.7 Å². The SMILES string of the molecule is CC12CCC(=O)N(Cc3ccc(N)cc3)C1=CC[C@@H]1[C@@H]2C(=O)CC2(C)C(O)CC[C@@H]12. The maximum Gasteiger partial charge on any atom is 0.227 e. The highest BCUT2D eigenvalue weighted by atomic mass is 16.3. The van der Waals surface area contributed by atoms with E-state index in [1.807, 2.05) is 29.2 Å². The van der Waals surface area contributed by atoms with Gasteiger partial charge in [0.05, 0.1) is 12.6 Å². The first-order valence-corrected chi connectivity index (χ1v) is 11.3. The first kappa shape index (κ1) is 19.8. The second kappa shape index (κ2) is 6.68. The average Bonchev–Trinajstić information content (AvgIpc) is 3.00. The predicted octanol–water partition coefficient (Wildman–Crippen LogP) is 3.67. The van der Waals surface area contributed by atoms with Crippen molar-refractivity contribution in [3.63, 3.8) is 0 Å². The smallest absolute Gasteiger partial charge is 0.227 e. The first-order chi connectivity index (χ1) is 14.2. The fraction of sp³-hybridized carbons (Fsp3) is 0.600. The minimum atomic E-state index is -0.375. The van der Waals surface area contributed by atoms with Crippen LogP contribution in [0.3, 0.4) is 0 Å². The Labute approximate surface area is 178 Å². The molecule has 6 atom stereocenters. The number of piperidine rings is 1. The van der Waals surface area contributed by atoms with Crippen molar-refractivity contribution < 1.29 is 14.7 Å². The molecule has 5 nitrogen and oxygen atoms in total. The molecule has 1 aliphatic heterocycles. The van der Waals surface area contributed by atoms with Gasteiger partial charge in [0.1, 0.15) is 5.78 Å². The van der Waals surface area contributed by atoms with E-state index in [4.69, 9.17) is 5.73 Å². The van der Waals surface area contributed by atoms with Crippen LogP contribution in [-0.4, -0.2) is 27.8 Å². The number of hydrogen-bond acceptors (Lipinski definition) is 4. The lowest BCUT2D eigenvalue weighted by atomic mass is 9.49. The van der Waals surface area contributed by atoms with Gasteiger partial charge in [0.2, 0.25) is 5.91 Å². The molecule has 160 valence electrons. The number of nitrogens with two attached hydrogens (primary N) is 1. The average molecular weight is 409 g/mol. The van der Waals surface area contributed by atoms with E-state index in [2.05, 4.69) is 19.9 Å². The zero-order chi connectivity index (χ0) is 21.3. The normalized spacial score (nSPS) is 40.5. The number of Topliss-reactive ketones (excluding diaryl/α,β-unsaturated/α-hetero) is 1. The zero-order valence-electron chi connectivity index (χ0n) is 17.9. The number of nitrogen functional groups attached to an aromatic ring is 1. The second-order valence-electron chi connectivity index (χ2n) is 10.5. The minimum Gasteiger partial charge on any atom is -0.399 e. The third-order valence-corrected chi connectivity index (χ3v) is 8.83. The van der Waals surface area contributed by atoms with Gasteiger partial charge in [-0.05, 0) is 55.2 Å². The van der Waals surface area contributed by atoms with Gasteiger partial charge in [-0.2, -0.15) is 0 Å². The summed E-state index contributed by atoms with van der Waals surface area (Å²) in [6, 6.07) is 7.67. The Morgan fingerprint density at radius 3 is 2.63 bits per heavy atom. The summed E-state index contributed by atoms with van der Waals surface area (Å²) >= 11 is 0. The van der Waals surface area contributed by atoms with E-state index < -0.39 is 0 Å². The van der Waals surface area contributed by atoms with Crippen molar-refractivity contribution in [1.82, 2.24) is 4.90 Å². The maximum atomic E-state index is 13.5. The van der Waals surface area contributed by atoms with Crippen molar-refractivity contribution in [3.8, 4) is 0 Å². The molecule has 1 aromatic carbocycles. The minimum absolute atomic E-state index is 0.0529. The molecule has 3 aliphatic carbocycles. The summed E-state index contributed by atoms with van der Waals surface area (Å²) in [4.78, 5) is 28.3. The fourth-order valence-corrected chi connectivity index (χ4v) is 7.24. The van der Waals surface area contributed by atoms with Crippen LogP contribution in [0.4, 0.5) is 5.69 Å². The number of amides is 1.